The van der Waals surface area contributed by atoms with Gasteiger partial charge in [-0.25, -0.2) is 4.79 Å². The molecule has 0 spiro atoms. The number of fused-ring (bicyclic) bond motifs is 4. The molecule has 3 aromatic rings. The average molecular weight is 453 g/mol. The summed E-state index contributed by atoms with van der Waals surface area (Å²) in [7, 11) is 0. The van der Waals surface area contributed by atoms with Crippen LogP contribution in [-0.4, -0.2) is 17.9 Å². The molecule has 33 heavy (non-hydrogen) atoms. The Morgan fingerprint density at radius 2 is 1.82 bits per heavy atom. The molecular weight excluding hydrogens is 422 g/mol. The number of furan rings is 1. The maximum Gasteiger partial charge on any atom is 0.339 e. The SMILES string of the molecule is CCCC[C@@H](NC(=O)CCc1c(C)c2cc3c4c(oc3c(C)c2oc1=O)CCCC4)C(=O)[O-]. The lowest BCUT2D eigenvalue weighted by Gasteiger charge is -2.19. The molecule has 4 rings (SSSR count). The number of amides is 1. The molecule has 1 aliphatic carbocycles. The molecule has 0 saturated carbocycles. The van der Waals surface area contributed by atoms with E-state index in [-0.39, 0.29) is 12.8 Å². The van der Waals surface area contributed by atoms with Crippen LogP contribution in [0.4, 0.5) is 0 Å². The molecule has 2 aromatic heterocycles. The minimum absolute atomic E-state index is 0.00462. The number of unbranched alkanes of at least 4 members (excludes halogenated alkanes) is 1. The van der Waals surface area contributed by atoms with Crippen molar-refractivity contribution in [3.05, 3.63) is 44.5 Å². The Balaban J connectivity index is 1.63. The summed E-state index contributed by atoms with van der Waals surface area (Å²) in [5.41, 5.74) is 4.10. The van der Waals surface area contributed by atoms with Crippen molar-refractivity contribution in [1.29, 1.82) is 0 Å². The Hall–Kier alpha value is -3.09. The molecule has 2 heterocycles. The first-order chi connectivity index (χ1) is 15.8. The van der Waals surface area contributed by atoms with E-state index in [9.17, 15) is 19.5 Å². The summed E-state index contributed by atoms with van der Waals surface area (Å²) in [6.07, 6.45) is 6.14. The molecular formula is C26H30NO6-. The first-order valence-corrected chi connectivity index (χ1v) is 11.8. The minimum atomic E-state index is -1.29. The lowest BCUT2D eigenvalue weighted by atomic mass is 9.93. The van der Waals surface area contributed by atoms with Crippen LogP contribution in [0, 0.1) is 13.8 Å². The highest BCUT2D eigenvalue weighted by Gasteiger charge is 2.23. The molecule has 0 bridgehead atoms. The Morgan fingerprint density at radius 3 is 2.55 bits per heavy atom. The maximum atomic E-state index is 12.8. The van der Waals surface area contributed by atoms with Gasteiger partial charge in [0, 0.05) is 40.3 Å². The van der Waals surface area contributed by atoms with Crippen LogP contribution in [-0.2, 0) is 28.9 Å². The fraction of sp³-hybridized carbons (Fsp3) is 0.500. The summed E-state index contributed by atoms with van der Waals surface area (Å²) in [4.78, 5) is 36.5. The number of carbonyl (C=O) groups is 2. The molecule has 1 N–H and O–H groups in total. The fourth-order valence-electron chi connectivity index (χ4n) is 4.87. The van der Waals surface area contributed by atoms with Crippen LogP contribution in [0.5, 0.6) is 0 Å². The summed E-state index contributed by atoms with van der Waals surface area (Å²) in [6.45, 7) is 5.73. The van der Waals surface area contributed by atoms with E-state index in [0.29, 0.717) is 24.0 Å². The largest absolute Gasteiger partial charge is 0.548 e. The number of carbonyl (C=O) groups excluding carboxylic acids is 2. The second-order valence-electron chi connectivity index (χ2n) is 9.04. The van der Waals surface area contributed by atoms with Crippen molar-refractivity contribution in [2.45, 2.75) is 84.6 Å². The summed E-state index contributed by atoms with van der Waals surface area (Å²) < 4.78 is 11.8. The first kappa shape index (κ1) is 23.1. The monoisotopic (exact) mass is 452 g/mol. The van der Waals surface area contributed by atoms with Crippen molar-refractivity contribution in [1.82, 2.24) is 5.32 Å². The molecule has 1 atom stereocenters. The van der Waals surface area contributed by atoms with Crippen molar-refractivity contribution in [3.8, 4) is 0 Å². The van der Waals surface area contributed by atoms with E-state index in [0.717, 1.165) is 65.3 Å². The number of benzene rings is 1. The van der Waals surface area contributed by atoms with E-state index in [2.05, 4.69) is 5.32 Å². The maximum absolute atomic E-state index is 12.8. The first-order valence-electron chi connectivity index (χ1n) is 11.8. The third-order valence-corrected chi connectivity index (χ3v) is 6.79. The molecule has 1 aromatic carbocycles. The zero-order chi connectivity index (χ0) is 23.7. The van der Waals surface area contributed by atoms with E-state index < -0.39 is 23.5 Å². The molecule has 0 aliphatic heterocycles. The Labute approximate surface area is 192 Å². The summed E-state index contributed by atoms with van der Waals surface area (Å²) in [6, 6.07) is 1.03. The van der Waals surface area contributed by atoms with E-state index >= 15 is 0 Å². The van der Waals surface area contributed by atoms with Crippen molar-refractivity contribution >= 4 is 33.8 Å². The predicted molar refractivity (Wildman–Crippen MR) is 123 cm³/mol. The van der Waals surface area contributed by atoms with Crippen LogP contribution >= 0.6 is 0 Å². The van der Waals surface area contributed by atoms with Crippen molar-refractivity contribution < 1.29 is 23.5 Å². The van der Waals surface area contributed by atoms with Gasteiger partial charge in [-0.1, -0.05) is 19.8 Å². The molecule has 0 unspecified atom stereocenters. The van der Waals surface area contributed by atoms with Crippen LogP contribution in [0.25, 0.3) is 21.9 Å². The summed E-state index contributed by atoms with van der Waals surface area (Å²) in [5.74, 6) is -0.687. The topological polar surface area (TPSA) is 113 Å². The Kier molecular flexibility index (Phi) is 6.58. The van der Waals surface area contributed by atoms with Gasteiger partial charge in [-0.15, -0.1) is 0 Å². The zero-order valence-electron chi connectivity index (χ0n) is 19.5. The molecule has 1 aliphatic rings. The highest BCUT2D eigenvalue weighted by Crippen LogP contribution is 2.37. The fourth-order valence-corrected chi connectivity index (χ4v) is 4.87. The standard InChI is InChI=1S/C26H31NO6/c1-4-5-9-20(25(29)30)27-22(28)12-11-16-14(2)18-13-19-17-8-6-7-10-21(17)32-24(19)15(3)23(18)33-26(16)31/h13,20H,4-12H2,1-3H3,(H,27,28)(H,29,30)/p-1/t20-/m1/s1. The second-order valence-corrected chi connectivity index (χ2v) is 9.04. The lowest BCUT2D eigenvalue weighted by molar-refractivity contribution is -0.308. The smallest absolute Gasteiger partial charge is 0.339 e. The van der Waals surface area contributed by atoms with E-state index in [4.69, 9.17) is 8.83 Å². The van der Waals surface area contributed by atoms with Gasteiger partial charge < -0.3 is 24.1 Å². The quantitative estimate of drug-likeness (QED) is 0.524. The number of nitrogens with one attached hydrogen (secondary N) is 1. The van der Waals surface area contributed by atoms with Gasteiger partial charge >= 0.3 is 5.63 Å². The third-order valence-electron chi connectivity index (χ3n) is 6.79. The van der Waals surface area contributed by atoms with Gasteiger partial charge in [-0.05, 0) is 57.6 Å². The molecule has 7 heteroatoms. The average Bonchev–Trinajstić information content (AvgIpc) is 3.16. The number of hydrogen-bond donors (Lipinski definition) is 1. The van der Waals surface area contributed by atoms with Gasteiger partial charge in [-0.3, -0.25) is 4.79 Å². The van der Waals surface area contributed by atoms with Gasteiger partial charge in [0.15, 0.2) is 0 Å². The predicted octanol–water partition coefficient (Wildman–Crippen LogP) is 3.39. The minimum Gasteiger partial charge on any atom is -0.548 e. The summed E-state index contributed by atoms with van der Waals surface area (Å²) >= 11 is 0. The molecule has 176 valence electrons. The molecule has 7 nitrogen and oxygen atoms in total. The van der Waals surface area contributed by atoms with Gasteiger partial charge in [-0.2, -0.15) is 0 Å². The molecule has 1 amide bonds. The van der Waals surface area contributed by atoms with E-state index in [1.54, 1.807) is 0 Å². The number of carboxylic acids is 1. The van der Waals surface area contributed by atoms with Gasteiger partial charge in [0.1, 0.15) is 16.9 Å². The summed E-state index contributed by atoms with van der Waals surface area (Å²) in [5, 5.41) is 15.7. The number of carboxylic acid groups (broad SMARTS) is 1. The number of rotatable bonds is 8. The second kappa shape index (κ2) is 9.41. The van der Waals surface area contributed by atoms with Crippen molar-refractivity contribution in [3.63, 3.8) is 0 Å². The van der Waals surface area contributed by atoms with Crippen LogP contribution in [0.1, 0.15) is 73.5 Å². The molecule has 0 radical (unpaired) electrons. The van der Waals surface area contributed by atoms with Gasteiger partial charge in [0.25, 0.3) is 0 Å². The van der Waals surface area contributed by atoms with Gasteiger partial charge in [0.2, 0.25) is 5.91 Å². The molecule has 0 saturated heterocycles. The highest BCUT2D eigenvalue weighted by atomic mass is 16.4. The van der Waals surface area contributed by atoms with Crippen LogP contribution in [0.2, 0.25) is 0 Å². The van der Waals surface area contributed by atoms with E-state index in [1.165, 1.54) is 5.56 Å². The van der Waals surface area contributed by atoms with Crippen LogP contribution in [0.3, 0.4) is 0 Å². The lowest BCUT2D eigenvalue weighted by Crippen LogP contribution is -2.47. The Bertz CT molecular complexity index is 1280. The van der Waals surface area contributed by atoms with Crippen molar-refractivity contribution in [2.24, 2.45) is 0 Å². The van der Waals surface area contributed by atoms with Crippen molar-refractivity contribution in [2.75, 3.05) is 0 Å². The van der Waals surface area contributed by atoms with Gasteiger partial charge in [0.05, 0.1) is 12.0 Å². The number of aliphatic carboxylic acids is 1. The molecule has 0 fully saturated rings. The normalized spacial score (nSPS) is 14.4. The van der Waals surface area contributed by atoms with Crippen LogP contribution < -0.4 is 16.0 Å². The number of hydrogen-bond acceptors (Lipinski definition) is 6. The zero-order valence-corrected chi connectivity index (χ0v) is 19.5. The Morgan fingerprint density at radius 1 is 1.09 bits per heavy atom. The third kappa shape index (κ3) is 4.41. The van der Waals surface area contributed by atoms with E-state index in [1.807, 2.05) is 26.8 Å². The number of aryl methyl sites for hydroxylation is 4. The highest BCUT2D eigenvalue weighted by molar-refractivity contribution is 6.00. The van der Waals surface area contributed by atoms with Crippen LogP contribution in [0.15, 0.2) is 19.7 Å².